The molecule has 0 atom stereocenters. The van der Waals surface area contributed by atoms with Gasteiger partial charge in [0.1, 0.15) is 6.61 Å². The van der Waals surface area contributed by atoms with Crippen molar-refractivity contribution in [2.75, 3.05) is 19.8 Å². The quantitative estimate of drug-likeness (QED) is 0.707. The molecule has 0 radical (unpaired) electrons. The Kier molecular flexibility index (Phi) is 6.77. The molecule has 0 bridgehead atoms. The van der Waals surface area contributed by atoms with Crippen LogP contribution in [0.15, 0.2) is 23.1 Å². The Morgan fingerprint density at radius 3 is 2.70 bits per heavy atom. The summed E-state index contributed by atoms with van der Waals surface area (Å²) in [7, 11) is -3.80. The van der Waals surface area contributed by atoms with Crippen LogP contribution in [0.2, 0.25) is 5.02 Å². The molecule has 0 aliphatic heterocycles. The number of halogens is 3. The van der Waals surface area contributed by atoms with Crippen LogP contribution in [-0.2, 0) is 21.4 Å². The van der Waals surface area contributed by atoms with E-state index < -0.39 is 23.1 Å². The Balaban J connectivity index is 2.60. The summed E-state index contributed by atoms with van der Waals surface area (Å²) in [6.07, 6.45) is -2.59. The normalized spacial score (nSPS) is 12.1. The number of nitrogens with one attached hydrogen (secondary N) is 1. The molecule has 0 aliphatic carbocycles. The van der Waals surface area contributed by atoms with Crippen LogP contribution in [0.25, 0.3) is 0 Å². The maximum Gasteiger partial charge on any atom is 0.261 e. The number of sulfonamides is 1. The fourth-order valence-corrected chi connectivity index (χ4v) is 2.58. The fourth-order valence-electron chi connectivity index (χ4n) is 1.34. The lowest BCUT2D eigenvalue weighted by molar-refractivity contribution is 0.0199. The highest BCUT2D eigenvalue weighted by Gasteiger charge is 2.15. The summed E-state index contributed by atoms with van der Waals surface area (Å²) in [5.41, 5.74) is 0.281. The molecule has 0 aliphatic rings. The zero-order chi connectivity index (χ0) is 15.2. The van der Waals surface area contributed by atoms with Gasteiger partial charge in [0, 0.05) is 11.6 Å². The predicted molar refractivity (Wildman–Crippen MR) is 69.4 cm³/mol. The molecule has 114 valence electrons. The maximum atomic E-state index is 11.9. The number of alkyl halides is 2. The van der Waals surface area contributed by atoms with Gasteiger partial charge in [-0.2, -0.15) is 0 Å². The lowest BCUT2D eigenvalue weighted by Crippen LogP contribution is -2.28. The third-order valence-corrected chi connectivity index (χ3v) is 4.11. The second kappa shape index (κ2) is 7.84. The molecule has 0 saturated carbocycles. The zero-order valence-electron chi connectivity index (χ0n) is 10.4. The number of ether oxygens (including phenoxy) is 1. The number of aliphatic hydroxyl groups excluding tert-OH is 1. The van der Waals surface area contributed by atoms with Gasteiger partial charge in [0.25, 0.3) is 6.43 Å². The Bertz CT molecular complexity index is 539. The first-order valence-corrected chi connectivity index (χ1v) is 7.48. The molecule has 5 nitrogen and oxygen atoms in total. The summed E-state index contributed by atoms with van der Waals surface area (Å²) >= 11 is 5.76. The first-order valence-electron chi connectivity index (χ1n) is 5.61. The molecule has 1 rings (SSSR count). The van der Waals surface area contributed by atoms with Crippen molar-refractivity contribution in [2.24, 2.45) is 0 Å². The zero-order valence-corrected chi connectivity index (χ0v) is 11.9. The molecule has 0 unspecified atom stereocenters. The van der Waals surface area contributed by atoms with E-state index in [0.717, 1.165) is 0 Å². The molecule has 1 aromatic rings. The third-order valence-electron chi connectivity index (χ3n) is 2.28. The minimum absolute atomic E-state index is 0.0696. The number of aliphatic hydroxyl groups is 1. The second-order valence-electron chi connectivity index (χ2n) is 3.78. The van der Waals surface area contributed by atoms with Gasteiger partial charge in [0.2, 0.25) is 10.0 Å². The maximum absolute atomic E-state index is 11.9. The Labute approximate surface area is 120 Å². The van der Waals surface area contributed by atoms with Crippen LogP contribution in [0, 0.1) is 0 Å². The molecular weight excluding hydrogens is 316 g/mol. The fraction of sp³-hybridized carbons (Fsp3) is 0.455. The lowest BCUT2D eigenvalue weighted by atomic mass is 10.2. The smallest absolute Gasteiger partial charge is 0.261 e. The van der Waals surface area contributed by atoms with Crippen LogP contribution in [0.5, 0.6) is 0 Å². The van der Waals surface area contributed by atoms with E-state index in [1.54, 1.807) is 0 Å². The van der Waals surface area contributed by atoms with Crippen LogP contribution in [0.3, 0.4) is 0 Å². The van der Waals surface area contributed by atoms with Crippen LogP contribution in [0.4, 0.5) is 8.78 Å². The van der Waals surface area contributed by atoms with Crippen molar-refractivity contribution in [3.63, 3.8) is 0 Å². The summed E-state index contributed by atoms with van der Waals surface area (Å²) in [6, 6.07) is 3.88. The van der Waals surface area contributed by atoms with Gasteiger partial charge in [0.05, 0.1) is 18.1 Å². The monoisotopic (exact) mass is 329 g/mol. The largest absolute Gasteiger partial charge is 0.392 e. The van der Waals surface area contributed by atoms with E-state index in [1.165, 1.54) is 18.2 Å². The van der Waals surface area contributed by atoms with Crippen molar-refractivity contribution in [2.45, 2.75) is 17.9 Å². The lowest BCUT2D eigenvalue weighted by Gasteiger charge is -2.09. The van der Waals surface area contributed by atoms with Gasteiger partial charge in [-0.15, -0.1) is 0 Å². The Morgan fingerprint density at radius 2 is 2.10 bits per heavy atom. The van der Waals surface area contributed by atoms with Gasteiger partial charge < -0.3 is 9.84 Å². The van der Waals surface area contributed by atoms with E-state index >= 15 is 0 Å². The van der Waals surface area contributed by atoms with Gasteiger partial charge in [-0.05, 0) is 23.8 Å². The van der Waals surface area contributed by atoms with Crippen molar-refractivity contribution in [1.29, 1.82) is 0 Å². The van der Waals surface area contributed by atoms with E-state index in [9.17, 15) is 17.2 Å². The van der Waals surface area contributed by atoms with Gasteiger partial charge in [0.15, 0.2) is 0 Å². The van der Waals surface area contributed by atoms with E-state index in [2.05, 4.69) is 9.46 Å². The van der Waals surface area contributed by atoms with Gasteiger partial charge >= 0.3 is 0 Å². The highest BCUT2D eigenvalue weighted by molar-refractivity contribution is 7.89. The van der Waals surface area contributed by atoms with Crippen LogP contribution in [-0.4, -0.2) is 39.7 Å². The van der Waals surface area contributed by atoms with Crippen molar-refractivity contribution in [1.82, 2.24) is 4.72 Å². The first-order chi connectivity index (χ1) is 9.36. The van der Waals surface area contributed by atoms with E-state index in [1.807, 2.05) is 0 Å². The molecule has 2 N–H and O–H groups in total. The van der Waals surface area contributed by atoms with E-state index in [0.29, 0.717) is 0 Å². The molecule has 0 amide bonds. The number of rotatable bonds is 8. The average Bonchev–Trinajstić information content (AvgIpc) is 2.38. The van der Waals surface area contributed by atoms with Crippen molar-refractivity contribution in [3.8, 4) is 0 Å². The summed E-state index contributed by atoms with van der Waals surface area (Å²) in [5, 5.41) is 9.27. The molecular formula is C11H14ClF2NO4S. The van der Waals surface area contributed by atoms with E-state index in [4.69, 9.17) is 16.7 Å². The number of benzene rings is 1. The number of hydrogen-bond acceptors (Lipinski definition) is 4. The predicted octanol–water partition coefficient (Wildman–Crippen LogP) is 1.39. The van der Waals surface area contributed by atoms with E-state index in [-0.39, 0.29) is 35.2 Å². The molecule has 9 heteroatoms. The molecule has 0 spiro atoms. The third kappa shape index (κ3) is 5.29. The van der Waals surface area contributed by atoms with Crippen molar-refractivity contribution >= 4 is 21.6 Å². The Morgan fingerprint density at radius 1 is 1.40 bits per heavy atom. The molecule has 1 aromatic carbocycles. The van der Waals surface area contributed by atoms with Crippen molar-refractivity contribution in [3.05, 3.63) is 28.8 Å². The summed E-state index contributed by atoms with van der Waals surface area (Å²) in [6.45, 7) is -1.42. The van der Waals surface area contributed by atoms with Crippen LogP contribution < -0.4 is 4.72 Å². The molecule has 0 fully saturated rings. The second-order valence-corrected chi connectivity index (χ2v) is 5.95. The highest BCUT2D eigenvalue weighted by Crippen LogP contribution is 2.20. The van der Waals surface area contributed by atoms with Crippen LogP contribution >= 0.6 is 11.6 Å². The molecule has 20 heavy (non-hydrogen) atoms. The van der Waals surface area contributed by atoms with Crippen LogP contribution in [0.1, 0.15) is 5.56 Å². The summed E-state index contributed by atoms with van der Waals surface area (Å²) in [4.78, 5) is -0.0696. The standard InChI is InChI=1S/C11H14ClF2NO4S/c12-10-2-1-9(5-8(10)6-16)20(17,18)15-3-4-19-7-11(13)14/h1-2,5,11,15-16H,3-4,6-7H2. The molecule has 0 aromatic heterocycles. The topological polar surface area (TPSA) is 75.6 Å². The minimum atomic E-state index is -3.80. The molecule has 0 saturated heterocycles. The minimum Gasteiger partial charge on any atom is -0.392 e. The highest BCUT2D eigenvalue weighted by atomic mass is 35.5. The van der Waals surface area contributed by atoms with Crippen molar-refractivity contribution < 1.29 is 27.0 Å². The van der Waals surface area contributed by atoms with Gasteiger partial charge in [-0.25, -0.2) is 21.9 Å². The Hall–Kier alpha value is -0.800. The summed E-state index contributed by atoms with van der Waals surface area (Å²) < 4.78 is 54.1. The average molecular weight is 330 g/mol. The van der Waals surface area contributed by atoms with Gasteiger partial charge in [-0.3, -0.25) is 0 Å². The number of hydrogen-bond donors (Lipinski definition) is 2. The first kappa shape index (κ1) is 17.3. The summed E-state index contributed by atoms with van der Waals surface area (Å²) in [5.74, 6) is 0. The van der Waals surface area contributed by atoms with Gasteiger partial charge in [-0.1, -0.05) is 11.6 Å². The molecule has 0 heterocycles. The SMILES string of the molecule is O=S(=O)(NCCOCC(F)F)c1ccc(Cl)c(CO)c1.